The molecule has 0 spiro atoms. The fourth-order valence-electron chi connectivity index (χ4n) is 4.23. The van der Waals surface area contributed by atoms with Gasteiger partial charge >= 0.3 is 5.97 Å². The average Bonchev–Trinajstić information content (AvgIpc) is 3.31. The number of ether oxygens (including phenoxy) is 1. The predicted octanol–water partition coefficient (Wildman–Crippen LogP) is 0.649. The Bertz CT molecular complexity index is 589. The molecular weight excluding hydrogens is 334 g/mol. The molecule has 2 fully saturated rings. The molecule has 4 atom stereocenters. The summed E-state index contributed by atoms with van der Waals surface area (Å²) in [6, 6.07) is -1.08. The average molecular weight is 363 g/mol. The molecule has 144 valence electrons. The van der Waals surface area contributed by atoms with Gasteiger partial charge in [-0.25, -0.2) is 4.79 Å². The summed E-state index contributed by atoms with van der Waals surface area (Å²) in [5.41, 5.74) is 1.46. The molecule has 0 radical (unpaired) electrons. The van der Waals surface area contributed by atoms with Gasteiger partial charge in [-0.3, -0.25) is 9.59 Å². The second kappa shape index (κ2) is 8.66. The van der Waals surface area contributed by atoms with Gasteiger partial charge in [0.2, 0.25) is 11.8 Å². The minimum absolute atomic E-state index is 0.0588. The largest absolute Gasteiger partial charge is 0.467 e. The molecule has 3 rings (SSSR count). The van der Waals surface area contributed by atoms with Gasteiger partial charge in [0.25, 0.3) is 0 Å². The van der Waals surface area contributed by atoms with Crippen LogP contribution in [0.1, 0.15) is 44.9 Å². The summed E-state index contributed by atoms with van der Waals surface area (Å²) in [7, 11) is 1.30. The van der Waals surface area contributed by atoms with Crippen molar-refractivity contribution < 1.29 is 19.1 Å². The second-order valence-corrected chi connectivity index (χ2v) is 7.51. The van der Waals surface area contributed by atoms with Gasteiger partial charge in [-0.05, 0) is 50.9 Å². The van der Waals surface area contributed by atoms with Crippen LogP contribution in [0.15, 0.2) is 11.6 Å². The quantitative estimate of drug-likeness (QED) is 0.476. The number of hydrogen-bond donors (Lipinski definition) is 3. The van der Waals surface area contributed by atoms with Crippen LogP contribution in [0.3, 0.4) is 0 Å². The third-order valence-electron chi connectivity index (χ3n) is 5.78. The van der Waals surface area contributed by atoms with E-state index in [1.165, 1.54) is 25.5 Å². The van der Waals surface area contributed by atoms with E-state index in [0.29, 0.717) is 18.9 Å². The van der Waals surface area contributed by atoms with Crippen LogP contribution >= 0.6 is 0 Å². The van der Waals surface area contributed by atoms with E-state index in [1.54, 1.807) is 0 Å². The first-order valence-corrected chi connectivity index (χ1v) is 9.66. The zero-order valence-electron chi connectivity index (χ0n) is 15.4. The summed E-state index contributed by atoms with van der Waals surface area (Å²) in [5.74, 6) is -0.587. The van der Waals surface area contributed by atoms with Crippen LogP contribution < -0.4 is 16.0 Å². The maximum absolute atomic E-state index is 12.7. The number of nitrogens with one attached hydrogen (secondary N) is 3. The molecular formula is C19H29N3O4. The summed E-state index contributed by atoms with van der Waals surface area (Å²) < 4.78 is 4.82. The molecule has 0 unspecified atom stereocenters. The lowest BCUT2D eigenvalue weighted by atomic mass is 9.87. The molecule has 0 aromatic carbocycles. The predicted molar refractivity (Wildman–Crippen MR) is 96.1 cm³/mol. The third-order valence-corrected chi connectivity index (χ3v) is 5.78. The van der Waals surface area contributed by atoms with Gasteiger partial charge in [0.1, 0.15) is 6.04 Å². The Labute approximate surface area is 154 Å². The fourth-order valence-corrected chi connectivity index (χ4v) is 4.23. The van der Waals surface area contributed by atoms with E-state index < -0.39 is 12.0 Å². The van der Waals surface area contributed by atoms with Crippen LogP contribution in [0.5, 0.6) is 0 Å². The molecule has 7 heteroatoms. The van der Waals surface area contributed by atoms with Crippen LogP contribution in [-0.2, 0) is 19.1 Å². The summed E-state index contributed by atoms with van der Waals surface area (Å²) in [6.45, 7) is 1.42. The zero-order valence-corrected chi connectivity index (χ0v) is 15.4. The Balaban J connectivity index is 1.56. The maximum atomic E-state index is 12.7. The number of hydrogen-bond acceptors (Lipinski definition) is 5. The highest BCUT2D eigenvalue weighted by Gasteiger charge is 2.36. The van der Waals surface area contributed by atoms with Crippen molar-refractivity contribution in [3.05, 3.63) is 11.6 Å². The zero-order chi connectivity index (χ0) is 18.5. The lowest BCUT2D eigenvalue weighted by Gasteiger charge is -2.21. The Morgan fingerprint density at radius 3 is 2.88 bits per heavy atom. The molecule has 0 saturated carbocycles. The fraction of sp³-hybridized carbons (Fsp3) is 0.737. The molecule has 0 aromatic heterocycles. The first-order valence-electron chi connectivity index (χ1n) is 9.66. The Morgan fingerprint density at radius 2 is 2.23 bits per heavy atom. The summed E-state index contributed by atoms with van der Waals surface area (Å²) in [5, 5.41) is 8.85. The van der Waals surface area contributed by atoms with E-state index in [2.05, 4.69) is 22.0 Å². The highest BCUT2D eigenvalue weighted by molar-refractivity contribution is 5.88. The molecule has 2 heterocycles. The molecule has 7 nitrogen and oxygen atoms in total. The maximum Gasteiger partial charge on any atom is 0.328 e. The molecule has 1 aliphatic carbocycles. The molecule has 3 N–H and O–H groups in total. The number of methoxy groups -OCH3 is 1. The molecule has 2 saturated heterocycles. The number of carbonyl (C=O) groups excluding carboxylic acids is 3. The van der Waals surface area contributed by atoms with Crippen molar-refractivity contribution >= 4 is 17.8 Å². The molecule has 0 bridgehead atoms. The number of allylic oxidation sites excluding steroid dienone is 1. The van der Waals surface area contributed by atoms with E-state index in [0.717, 1.165) is 25.8 Å². The van der Waals surface area contributed by atoms with Gasteiger partial charge < -0.3 is 20.7 Å². The van der Waals surface area contributed by atoms with Crippen LogP contribution in [0.2, 0.25) is 0 Å². The van der Waals surface area contributed by atoms with Crippen molar-refractivity contribution in [2.75, 3.05) is 20.2 Å². The van der Waals surface area contributed by atoms with E-state index in [-0.39, 0.29) is 30.2 Å². The van der Waals surface area contributed by atoms with Gasteiger partial charge in [0.05, 0.1) is 13.2 Å². The Hall–Kier alpha value is -1.89. The van der Waals surface area contributed by atoms with Crippen molar-refractivity contribution in [3.8, 4) is 0 Å². The molecule has 0 aromatic rings. The van der Waals surface area contributed by atoms with Crippen molar-refractivity contribution in [3.63, 3.8) is 0 Å². The summed E-state index contributed by atoms with van der Waals surface area (Å²) in [6.07, 6.45) is 8.79. The van der Waals surface area contributed by atoms with Gasteiger partial charge in [-0.1, -0.05) is 11.6 Å². The van der Waals surface area contributed by atoms with Gasteiger partial charge in [-0.2, -0.15) is 0 Å². The van der Waals surface area contributed by atoms with Crippen molar-refractivity contribution in [1.29, 1.82) is 0 Å². The minimum atomic E-state index is -0.781. The lowest BCUT2D eigenvalue weighted by molar-refractivity contribution is -0.146. The SMILES string of the molecule is COC(=O)[C@H](C[C@@H]1CCNC1=O)NC(=O)[C@@H]1C[C@@H](C2=CCCCC2)CN1. The second-order valence-electron chi connectivity index (χ2n) is 7.51. The topological polar surface area (TPSA) is 96.5 Å². The Kier molecular flexibility index (Phi) is 6.29. The smallest absolute Gasteiger partial charge is 0.328 e. The highest BCUT2D eigenvalue weighted by Crippen LogP contribution is 2.30. The molecule has 2 amide bonds. The van der Waals surface area contributed by atoms with E-state index >= 15 is 0 Å². The number of amides is 2. The highest BCUT2D eigenvalue weighted by atomic mass is 16.5. The minimum Gasteiger partial charge on any atom is -0.467 e. The van der Waals surface area contributed by atoms with Crippen molar-refractivity contribution in [1.82, 2.24) is 16.0 Å². The Morgan fingerprint density at radius 1 is 1.38 bits per heavy atom. The van der Waals surface area contributed by atoms with Crippen molar-refractivity contribution in [2.45, 2.75) is 57.0 Å². The number of esters is 1. The first-order chi connectivity index (χ1) is 12.6. The van der Waals surface area contributed by atoms with Gasteiger partial charge in [-0.15, -0.1) is 0 Å². The van der Waals surface area contributed by atoms with Crippen LogP contribution in [0.25, 0.3) is 0 Å². The monoisotopic (exact) mass is 363 g/mol. The lowest BCUT2D eigenvalue weighted by Crippen LogP contribution is -2.49. The summed E-state index contributed by atoms with van der Waals surface area (Å²) in [4.78, 5) is 36.5. The molecule has 3 aliphatic rings. The van der Waals surface area contributed by atoms with Crippen LogP contribution in [0, 0.1) is 11.8 Å². The van der Waals surface area contributed by atoms with E-state index in [4.69, 9.17) is 4.74 Å². The van der Waals surface area contributed by atoms with Gasteiger partial charge in [0.15, 0.2) is 0 Å². The van der Waals surface area contributed by atoms with Crippen molar-refractivity contribution in [2.24, 2.45) is 11.8 Å². The van der Waals surface area contributed by atoms with Crippen LogP contribution in [-0.4, -0.2) is 50.1 Å². The van der Waals surface area contributed by atoms with Crippen LogP contribution in [0.4, 0.5) is 0 Å². The standard InChI is InChI=1S/C19H29N3O4/c1-26-19(25)16(9-13-7-8-20-17(13)23)22-18(24)15-10-14(11-21-15)12-5-3-2-4-6-12/h5,13-16,21H,2-4,6-11H2,1H3,(H,20,23)(H,22,24)/t13-,14+,15-,16-/m0/s1. The molecule has 26 heavy (non-hydrogen) atoms. The number of rotatable bonds is 6. The van der Waals surface area contributed by atoms with E-state index in [1.807, 2.05) is 0 Å². The normalized spacial score (nSPS) is 29.7. The first kappa shape index (κ1) is 18.9. The van der Waals surface area contributed by atoms with E-state index in [9.17, 15) is 14.4 Å². The number of carbonyl (C=O) groups is 3. The van der Waals surface area contributed by atoms with Gasteiger partial charge in [0, 0.05) is 19.0 Å². The summed E-state index contributed by atoms with van der Waals surface area (Å²) >= 11 is 0. The third kappa shape index (κ3) is 4.44. The molecule has 2 aliphatic heterocycles.